The maximum absolute atomic E-state index is 14.9. The van der Waals surface area contributed by atoms with Gasteiger partial charge < -0.3 is 0 Å². The fourth-order valence-corrected chi connectivity index (χ4v) is 18.5. The van der Waals surface area contributed by atoms with Crippen molar-refractivity contribution in [3.63, 3.8) is 0 Å². The zero-order chi connectivity index (χ0) is 60.0. The van der Waals surface area contributed by atoms with E-state index in [0.29, 0.717) is 109 Å². The Labute approximate surface area is 460 Å². The molecule has 7 aromatic rings. The predicted molar refractivity (Wildman–Crippen MR) is 270 cm³/mol. The third-order valence-electron chi connectivity index (χ3n) is 11.1. The van der Waals surface area contributed by atoms with Gasteiger partial charge in [0, 0.05) is 10.7 Å². The molecule has 0 amide bonds. The molecule has 0 heterocycles. The molecule has 7 rings (SSSR count). The molecule has 0 saturated carbocycles. The minimum atomic E-state index is -5.79. The van der Waals surface area contributed by atoms with E-state index in [9.17, 15) is 111 Å². The minimum absolute atomic E-state index is 0.158. The fourth-order valence-electron chi connectivity index (χ4n) is 7.00. The van der Waals surface area contributed by atoms with Gasteiger partial charge in [0.25, 0.3) is 49.5 Å². The summed E-state index contributed by atoms with van der Waals surface area (Å²) in [6.07, 6.45) is 0. The highest BCUT2D eigenvalue weighted by molar-refractivity contribution is 8.13. The Morgan fingerprint density at radius 1 is 0.188 bits per heavy atom. The van der Waals surface area contributed by atoms with Crippen LogP contribution in [0.2, 0.25) is 0 Å². The highest BCUT2D eigenvalue weighted by atomic mass is 35.7. The lowest BCUT2D eigenvalue weighted by atomic mass is 10.3. The van der Waals surface area contributed by atoms with Crippen LogP contribution in [0, 0.1) is 0 Å². The van der Waals surface area contributed by atoms with Gasteiger partial charge in [-0.15, -0.1) is 0 Å². The van der Waals surface area contributed by atoms with E-state index < -0.39 is 192 Å². The zero-order valence-corrected chi connectivity index (χ0v) is 48.3. The van der Waals surface area contributed by atoms with Crippen LogP contribution in [-0.4, -0.2) is 111 Å². The second-order valence-electron chi connectivity index (χ2n) is 16.2. The smallest absolute Gasteiger partial charge is 0.282 e. The van der Waals surface area contributed by atoms with Gasteiger partial charge >= 0.3 is 0 Å². The SMILES string of the molecule is O=S(=O)(O)c1ccc(S(=O)(=O)c2cc(S(=O)(=O)c3ccc(S(=O)(=O)O)cc3)cc(S(=O)(=O)c3cc(S(=O)(=O)Cl)cc(S(=O)(=O)c4cc(S(=O)(=O)c5ccc(S(=O)(=O)O)cc5)cc(S(=O)(=O)c5ccc(S(=O)(=O)O)cc5)c4)c3)c2)cc1. The molecule has 0 aliphatic carbocycles. The van der Waals surface area contributed by atoms with Crippen LogP contribution in [0.25, 0.3) is 0 Å². The summed E-state index contributed by atoms with van der Waals surface area (Å²) in [6, 6.07) is 11.7. The van der Waals surface area contributed by atoms with Crippen molar-refractivity contribution in [2.45, 2.75) is 83.2 Å². The first-order valence-electron chi connectivity index (χ1n) is 20.5. The molecule has 80 heavy (non-hydrogen) atoms. The highest BCUT2D eigenvalue weighted by Gasteiger charge is 2.34. The first-order chi connectivity index (χ1) is 36.3. The topological polar surface area (TPSA) is 456 Å². The van der Waals surface area contributed by atoms with E-state index in [0.717, 1.165) is 0 Å². The van der Waals surface area contributed by atoms with E-state index >= 15 is 0 Å². The summed E-state index contributed by atoms with van der Waals surface area (Å²) in [5.41, 5.74) is 0. The van der Waals surface area contributed by atoms with Crippen LogP contribution in [-0.2, 0) is 109 Å². The van der Waals surface area contributed by atoms with Gasteiger partial charge in [-0.3, -0.25) is 18.2 Å². The van der Waals surface area contributed by atoms with Crippen molar-refractivity contribution >= 4 is 119 Å². The van der Waals surface area contributed by atoms with E-state index in [4.69, 9.17) is 10.7 Å². The van der Waals surface area contributed by atoms with Gasteiger partial charge in [-0.05, 0) is 152 Å². The molecule has 4 N–H and O–H groups in total. The maximum atomic E-state index is 14.9. The molecule has 426 valence electrons. The molecule has 0 radical (unpaired) electrons. The first-order valence-corrected chi connectivity index (χ1v) is 37.5. The molecule has 7 aromatic carbocycles. The van der Waals surface area contributed by atoms with Crippen LogP contribution >= 0.6 is 10.7 Å². The van der Waals surface area contributed by atoms with Crippen molar-refractivity contribution in [3.05, 3.63) is 152 Å². The maximum Gasteiger partial charge on any atom is 0.294 e. The van der Waals surface area contributed by atoms with Crippen molar-refractivity contribution in [2.75, 3.05) is 0 Å². The molecule has 0 aliphatic rings. The Morgan fingerprint density at radius 2 is 0.300 bits per heavy atom. The van der Waals surface area contributed by atoms with Crippen molar-refractivity contribution in [1.82, 2.24) is 0 Å². The summed E-state index contributed by atoms with van der Waals surface area (Å²) < 4.78 is 330. The van der Waals surface area contributed by atoms with Crippen LogP contribution < -0.4 is 0 Å². The third-order valence-corrected chi connectivity index (χ3v) is 26.3. The number of sulfone groups is 6. The number of hydrogen-bond donors (Lipinski definition) is 4. The minimum Gasteiger partial charge on any atom is -0.282 e. The van der Waals surface area contributed by atoms with Crippen LogP contribution in [0.5, 0.6) is 0 Å². The van der Waals surface area contributed by atoms with Crippen LogP contribution in [0.15, 0.2) is 235 Å². The van der Waals surface area contributed by atoms with Crippen molar-refractivity contribution in [3.8, 4) is 0 Å². The summed E-state index contributed by atoms with van der Waals surface area (Å²) in [6.45, 7) is 0. The average Bonchev–Trinajstić information content (AvgIpc) is 3.37. The molecule has 0 saturated heterocycles. The van der Waals surface area contributed by atoms with Crippen molar-refractivity contribution < 1.29 is 111 Å². The Kier molecular flexibility index (Phi) is 15.8. The molecule has 0 atom stereocenters. The van der Waals surface area contributed by atoms with E-state index in [-0.39, 0.29) is 42.5 Å². The number of hydrogen-bond acceptors (Lipinski definition) is 22. The quantitative estimate of drug-likeness (QED) is 0.0747. The number of rotatable bonds is 17. The van der Waals surface area contributed by atoms with Crippen molar-refractivity contribution in [1.29, 1.82) is 0 Å². The van der Waals surface area contributed by atoms with Gasteiger partial charge in [-0.2, -0.15) is 33.7 Å². The lowest BCUT2D eigenvalue weighted by Crippen LogP contribution is -2.13. The molecule has 0 spiro atoms. The Balaban J connectivity index is 1.49. The van der Waals surface area contributed by atoms with E-state index in [1.54, 1.807) is 0 Å². The predicted octanol–water partition coefficient (Wildman–Crippen LogP) is 3.60. The Hall–Kier alpha value is -5.88. The molecular weight excluding hydrogens is 1310 g/mol. The van der Waals surface area contributed by atoms with Gasteiger partial charge in [-0.1, -0.05) is 0 Å². The molecule has 0 bridgehead atoms. The van der Waals surface area contributed by atoms with Crippen LogP contribution in [0.1, 0.15) is 0 Å². The summed E-state index contributed by atoms with van der Waals surface area (Å²) in [7, 11) is -52.1. The van der Waals surface area contributed by atoms with E-state index in [1.807, 2.05) is 0 Å². The Morgan fingerprint density at radius 3 is 0.425 bits per heavy atom. The van der Waals surface area contributed by atoms with Crippen LogP contribution in [0.4, 0.5) is 0 Å². The van der Waals surface area contributed by atoms with Crippen molar-refractivity contribution in [2.24, 2.45) is 0 Å². The van der Waals surface area contributed by atoms with E-state index in [2.05, 4.69) is 0 Å². The monoisotopic (exact) mass is 1340 g/mol. The third kappa shape index (κ3) is 12.3. The summed E-state index contributed by atoms with van der Waals surface area (Å²) in [5, 5.41) is 0. The molecule has 0 unspecified atom stereocenters. The zero-order valence-electron chi connectivity index (χ0n) is 38.6. The average molecular weight is 1340 g/mol. The highest BCUT2D eigenvalue weighted by Crippen LogP contribution is 2.38. The number of halogens is 1. The summed E-state index contributed by atoms with van der Waals surface area (Å²) in [4.78, 5) is -19.2. The summed E-state index contributed by atoms with van der Waals surface area (Å²) in [5.74, 6) is 0. The Bertz CT molecular complexity index is 4540. The molecule has 0 aliphatic heterocycles. The number of benzene rings is 7. The second-order valence-corrected chi connectivity index (χ2v) is 36.1. The molecule has 0 aromatic heterocycles. The standard InChI is InChI=1S/C42H29ClO26S11/c43-76(56,57)42-24-40(74(52,53)38-19-34(70(44,45)26-1-9-30(10-2-26)77(58,59)60)17-35(20-38)71(46,47)27-3-11-31(12-4-27)78(61,62)63)23-41(25-42)75(54,55)39-21-36(72(48,49)28-5-13-32(14-6-28)79(64,65)66)18-37(22-39)73(50,51)29-7-15-33(16-8-29)80(67,68)69/h1-25H,(H,58,59,60)(H,61,62,63)(H,64,65,66)(H,67,68,69). The van der Waals surface area contributed by atoms with E-state index in [1.165, 1.54) is 0 Å². The van der Waals surface area contributed by atoms with Gasteiger partial charge in [0.05, 0.1) is 83.2 Å². The molecule has 0 fully saturated rings. The lowest BCUT2D eigenvalue weighted by molar-refractivity contribution is 0.481. The van der Waals surface area contributed by atoms with Gasteiger partial charge in [0.1, 0.15) is 0 Å². The fraction of sp³-hybridized carbons (Fsp3) is 0. The molecular formula is C42H29ClO26S11. The second kappa shape index (κ2) is 20.5. The summed E-state index contributed by atoms with van der Waals surface area (Å²) >= 11 is 0. The van der Waals surface area contributed by atoms with Gasteiger partial charge in [0.15, 0.2) is 0 Å². The lowest BCUT2D eigenvalue weighted by Gasteiger charge is -2.15. The normalized spacial score (nSPS) is 13.7. The molecule has 26 nitrogen and oxygen atoms in total. The first kappa shape index (κ1) is 61.7. The van der Waals surface area contributed by atoms with Gasteiger partial charge in [-0.25, -0.2) is 58.9 Å². The largest absolute Gasteiger partial charge is 0.294 e. The van der Waals surface area contributed by atoms with Gasteiger partial charge in [0.2, 0.25) is 59.0 Å². The molecule has 38 heteroatoms. The van der Waals surface area contributed by atoms with Crippen LogP contribution in [0.3, 0.4) is 0 Å².